The number of nitrogens with zero attached hydrogens (tertiary/aromatic N) is 1. The molecule has 65 valence electrons. The second kappa shape index (κ2) is 4.06. The number of carbonyl (C=O) groups is 1. The highest BCUT2D eigenvalue weighted by molar-refractivity contribution is 7.11. The molecule has 4 nitrogen and oxygen atoms in total. The predicted molar refractivity (Wildman–Crippen MR) is 44.9 cm³/mol. The van der Waals surface area contributed by atoms with Gasteiger partial charge in [0.1, 0.15) is 5.69 Å². The average Bonchev–Trinajstić information content (AvgIpc) is 2.47. The largest absolute Gasteiger partial charge is 0.351 e. The van der Waals surface area contributed by atoms with Gasteiger partial charge in [-0.2, -0.15) is 4.98 Å². The second-order valence-electron chi connectivity index (χ2n) is 2.25. The molecule has 0 spiro atoms. The van der Waals surface area contributed by atoms with Gasteiger partial charge in [0.25, 0.3) is 5.91 Å². The molecule has 1 N–H and O–H groups in total. The molecule has 0 atom stereocenters. The van der Waals surface area contributed by atoms with Crippen LogP contribution in [0.3, 0.4) is 0 Å². The van der Waals surface area contributed by atoms with Crippen molar-refractivity contribution in [1.82, 2.24) is 10.3 Å². The zero-order valence-electron chi connectivity index (χ0n) is 6.66. The molecular weight excluding hydrogens is 176 g/mol. The van der Waals surface area contributed by atoms with Gasteiger partial charge in [-0.3, -0.25) is 9.90 Å². The van der Waals surface area contributed by atoms with Gasteiger partial charge in [-0.05, 0) is 6.42 Å². The minimum absolute atomic E-state index is 0.221. The third-order valence-corrected chi connectivity index (χ3v) is 1.89. The molecule has 0 bridgehead atoms. The molecule has 12 heavy (non-hydrogen) atoms. The lowest BCUT2D eigenvalue weighted by Gasteiger charge is -1.97. The van der Waals surface area contributed by atoms with Crippen LogP contribution in [0.15, 0.2) is 5.38 Å². The van der Waals surface area contributed by atoms with Crippen LogP contribution in [-0.4, -0.2) is 17.4 Å². The highest BCUT2D eigenvalue weighted by Crippen LogP contribution is 2.15. The summed E-state index contributed by atoms with van der Waals surface area (Å²) in [5.41, 5.74) is 0.221. The highest BCUT2D eigenvalue weighted by atomic mass is 32.1. The summed E-state index contributed by atoms with van der Waals surface area (Å²) in [6, 6.07) is 0. The van der Waals surface area contributed by atoms with Crippen LogP contribution in [0.5, 0.6) is 5.19 Å². The Balaban J connectivity index is 2.53. The standard InChI is InChI=1S/C7H9N2O2S/c1-2-3-8-6(10)5-4-12-7(11)9-5/h4H,2-3H2,1H3,(H,8,10). The Hall–Kier alpha value is -1.10. The van der Waals surface area contributed by atoms with Gasteiger partial charge >= 0.3 is 5.19 Å². The van der Waals surface area contributed by atoms with Crippen LogP contribution in [0.2, 0.25) is 0 Å². The molecule has 0 aromatic carbocycles. The molecule has 1 aromatic heterocycles. The molecule has 1 radical (unpaired) electrons. The lowest BCUT2D eigenvalue weighted by molar-refractivity contribution is 0.0948. The van der Waals surface area contributed by atoms with E-state index in [1.54, 1.807) is 0 Å². The Morgan fingerprint density at radius 2 is 2.50 bits per heavy atom. The summed E-state index contributed by atoms with van der Waals surface area (Å²) in [4.78, 5) is 14.6. The summed E-state index contributed by atoms with van der Waals surface area (Å²) in [5, 5.41) is 14.4. The van der Waals surface area contributed by atoms with Crippen molar-refractivity contribution in [1.29, 1.82) is 0 Å². The van der Waals surface area contributed by atoms with Crippen molar-refractivity contribution < 1.29 is 9.90 Å². The van der Waals surface area contributed by atoms with Crippen molar-refractivity contribution in [3.8, 4) is 5.19 Å². The summed E-state index contributed by atoms with van der Waals surface area (Å²) in [6.07, 6.45) is 0.875. The fourth-order valence-electron chi connectivity index (χ4n) is 0.691. The van der Waals surface area contributed by atoms with E-state index in [0.29, 0.717) is 6.54 Å². The van der Waals surface area contributed by atoms with E-state index in [1.165, 1.54) is 5.38 Å². The van der Waals surface area contributed by atoms with Gasteiger partial charge < -0.3 is 5.32 Å². The monoisotopic (exact) mass is 185 g/mol. The highest BCUT2D eigenvalue weighted by Gasteiger charge is 2.09. The Morgan fingerprint density at radius 3 is 3.00 bits per heavy atom. The van der Waals surface area contributed by atoms with E-state index in [1.807, 2.05) is 6.92 Å². The molecule has 0 unspecified atom stereocenters. The minimum Gasteiger partial charge on any atom is -0.351 e. The fourth-order valence-corrected chi connectivity index (χ4v) is 1.21. The number of rotatable bonds is 3. The van der Waals surface area contributed by atoms with Crippen LogP contribution < -0.4 is 5.32 Å². The molecule has 1 heterocycles. The number of amides is 1. The summed E-state index contributed by atoms with van der Waals surface area (Å²) in [5.74, 6) is -0.268. The predicted octanol–water partition coefficient (Wildman–Crippen LogP) is 1.43. The number of hydrogen-bond acceptors (Lipinski definition) is 3. The van der Waals surface area contributed by atoms with Crippen molar-refractivity contribution in [3.63, 3.8) is 0 Å². The fraction of sp³-hybridized carbons (Fsp3) is 0.429. The van der Waals surface area contributed by atoms with Crippen molar-refractivity contribution in [2.75, 3.05) is 6.54 Å². The number of thiazole rings is 1. The van der Waals surface area contributed by atoms with E-state index >= 15 is 0 Å². The number of hydrogen-bond donors (Lipinski definition) is 1. The topological polar surface area (TPSA) is 61.9 Å². The van der Waals surface area contributed by atoms with Crippen LogP contribution in [0.4, 0.5) is 0 Å². The molecule has 0 aliphatic heterocycles. The Kier molecular flexibility index (Phi) is 3.04. The molecule has 0 saturated carbocycles. The first-order valence-corrected chi connectivity index (χ1v) is 4.52. The number of carbonyl (C=O) groups excluding carboxylic acids is 1. The third kappa shape index (κ3) is 2.20. The molecule has 0 aliphatic carbocycles. The molecule has 1 rings (SSSR count). The first-order chi connectivity index (χ1) is 5.74. The minimum atomic E-state index is -0.323. The number of nitrogens with one attached hydrogen (secondary N) is 1. The molecule has 1 amide bonds. The van der Waals surface area contributed by atoms with Gasteiger partial charge in [0.2, 0.25) is 0 Å². The maximum Gasteiger partial charge on any atom is 0.327 e. The SMILES string of the molecule is CCCNC(=O)c1csc([O])n1. The Bertz CT molecular complexity index is 272. The smallest absolute Gasteiger partial charge is 0.327 e. The lowest BCUT2D eigenvalue weighted by Crippen LogP contribution is -2.24. The Morgan fingerprint density at radius 1 is 1.75 bits per heavy atom. The van der Waals surface area contributed by atoms with Gasteiger partial charge in [-0.1, -0.05) is 18.3 Å². The molecule has 0 aliphatic rings. The summed E-state index contributed by atoms with van der Waals surface area (Å²) < 4.78 is 0. The van der Waals surface area contributed by atoms with E-state index in [0.717, 1.165) is 17.8 Å². The molecule has 5 heteroatoms. The number of aromatic nitrogens is 1. The maximum atomic E-state index is 11.1. The van der Waals surface area contributed by atoms with Crippen LogP contribution >= 0.6 is 11.3 Å². The van der Waals surface area contributed by atoms with Gasteiger partial charge in [0.15, 0.2) is 0 Å². The van der Waals surface area contributed by atoms with Crippen LogP contribution in [-0.2, 0) is 5.11 Å². The molecule has 0 saturated heterocycles. The first kappa shape index (κ1) is 8.99. The zero-order chi connectivity index (χ0) is 8.97. The summed E-state index contributed by atoms with van der Waals surface area (Å²) in [7, 11) is 0. The molecule has 1 aromatic rings. The normalized spacial score (nSPS) is 9.75. The maximum absolute atomic E-state index is 11.1. The van der Waals surface area contributed by atoms with E-state index in [4.69, 9.17) is 0 Å². The van der Waals surface area contributed by atoms with Gasteiger partial charge in [-0.25, -0.2) is 0 Å². The van der Waals surface area contributed by atoms with Crippen molar-refractivity contribution >= 4 is 17.2 Å². The quantitative estimate of drug-likeness (QED) is 0.774. The molecule has 0 fully saturated rings. The zero-order valence-corrected chi connectivity index (χ0v) is 7.48. The summed E-state index contributed by atoms with van der Waals surface area (Å²) in [6.45, 7) is 2.57. The van der Waals surface area contributed by atoms with Crippen LogP contribution in [0.1, 0.15) is 23.8 Å². The van der Waals surface area contributed by atoms with Gasteiger partial charge in [0.05, 0.1) is 0 Å². The van der Waals surface area contributed by atoms with E-state index in [2.05, 4.69) is 10.3 Å². The van der Waals surface area contributed by atoms with E-state index in [-0.39, 0.29) is 16.8 Å². The first-order valence-electron chi connectivity index (χ1n) is 3.64. The lowest BCUT2D eigenvalue weighted by atomic mass is 10.4. The van der Waals surface area contributed by atoms with Crippen molar-refractivity contribution in [2.24, 2.45) is 0 Å². The van der Waals surface area contributed by atoms with Crippen LogP contribution in [0.25, 0.3) is 0 Å². The van der Waals surface area contributed by atoms with Crippen LogP contribution in [0, 0.1) is 0 Å². The second-order valence-corrected chi connectivity index (χ2v) is 3.08. The van der Waals surface area contributed by atoms with Gasteiger partial charge in [0, 0.05) is 11.9 Å². The Labute approximate surface area is 74.3 Å². The van der Waals surface area contributed by atoms with Crippen molar-refractivity contribution in [2.45, 2.75) is 13.3 Å². The summed E-state index contributed by atoms with van der Waals surface area (Å²) >= 11 is 0.939. The van der Waals surface area contributed by atoms with Crippen molar-refractivity contribution in [3.05, 3.63) is 11.1 Å². The van der Waals surface area contributed by atoms with E-state index < -0.39 is 0 Å². The average molecular weight is 185 g/mol. The molecular formula is C7H9N2O2S. The van der Waals surface area contributed by atoms with Gasteiger partial charge in [-0.15, -0.1) is 0 Å². The van der Waals surface area contributed by atoms with E-state index in [9.17, 15) is 9.90 Å². The third-order valence-electron chi connectivity index (χ3n) is 1.25.